The first kappa shape index (κ1) is 14.7. The maximum Gasteiger partial charge on any atom is 0.226 e. The molecule has 5 heteroatoms. The van der Waals surface area contributed by atoms with E-state index in [4.69, 9.17) is 9.15 Å². The molecular weight excluding hydrogens is 290 g/mol. The fraction of sp³-hybridized carbons (Fsp3) is 0.500. The van der Waals surface area contributed by atoms with Crippen molar-refractivity contribution in [1.82, 2.24) is 15.6 Å². The van der Waals surface area contributed by atoms with E-state index in [-0.39, 0.29) is 0 Å². The number of hydrogen-bond acceptors (Lipinski definition) is 5. The molecule has 1 aromatic carbocycles. The second-order valence-corrected chi connectivity index (χ2v) is 6.53. The Morgan fingerprint density at radius 3 is 3.13 bits per heavy atom. The second-order valence-electron chi connectivity index (χ2n) is 6.53. The summed E-state index contributed by atoms with van der Waals surface area (Å²) in [6.07, 6.45) is 6.87. The summed E-state index contributed by atoms with van der Waals surface area (Å²) in [5, 5.41) is 7.35. The van der Waals surface area contributed by atoms with Crippen LogP contribution < -0.4 is 15.4 Å². The lowest BCUT2D eigenvalue weighted by Crippen LogP contribution is -2.57. The third-order valence-corrected chi connectivity index (χ3v) is 5.22. The molecule has 4 rings (SSSR count). The number of oxazole rings is 1. The molecular formula is C18H23N3O2. The molecule has 1 unspecified atom stereocenters. The number of hydrogen-bond donors (Lipinski definition) is 2. The molecule has 2 aromatic rings. The molecule has 5 nitrogen and oxygen atoms in total. The summed E-state index contributed by atoms with van der Waals surface area (Å²) in [5.41, 5.74) is 2.23. The highest BCUT2D eigenvalue weighted by atomic mass is 16.5. The molecule has 122 valence electrons. The topological polar surface area (TPSA) is 59.3 Å². The predicted octanol–water partition coefficient (Wildman–Crippen LogP) is 2.72. The van der Waals surface area contributed by atoms with Crippen molar-refractivity contribution in [2.24, 2.45) is 0 Å². The van der Waals surface area contributed by atoms with Crippen molar-refractivity contribution in [3.8, 4) is 17.2 Å². The SMILES string of the molecule is COc1cccc(-c2nc(CNC3CCNC34CCC4)co2)c1. The molecule has 0 bridgehead atoms. The van der Waals surface area contributed by atoms with Crippen LogP contribution in [-0.2, 0) is 6.54 Å². The van der Waals surface area contributed by atoms with E-state index in [1.54, 1.807) is 13.4 Å². The van der Waals surface area contributed by atoms with Gasteiger partial charge in [-0.3, -0.25) is 0 Å². The van der Waals surface area contributed by atoms with Crippen molar-refractivity contribution >= 4 is 0 Å². The van der Waals surface area contributed by atoms with Gasteiger partial charge in [-0.1, -0.05) is 6.07 Å². The first-order valence-electron chi connectivity index (χ1n) is 8.36. The lowest BCUT2D eigenvalue weighted by Gasteiger charge is -2.43. The molecule has 1 aliphatic carbocycles. The van der Waals surface area contributed by atoms with Gasteiger partial charge in [0.15, 0.2) is 0 Å². The van der Waals surface area contributed by atoms with Gasteiger partial charge in [-0.2, -0.15) is 0 Å². The van der Waals surface area contributed by atoms with Gasteiger partial charge in [0.1, 0.15) is 12.0 Å². The average molecular weight is 313 g/mol. The zero-order chi connectivity index (χ0) is 15.7. The second kappa shape index (κ2) is 5.98. The lowest BCUT2D eigenvalue weighted by atomic mass is 9.73. The van der Waals surface area contributed by atoms with Gasteiger partial charge in [-0.25, -0.2) is 4.98 Å². The van der Waals surface area contributed by atoms with E-state index in [0.29, 0.717) is 17.5 Å². The van der Waals surface area contributed by atoms with Crippen LogP contribution in [0.5, 0.6) is 5.75 Å². The van der Waals surface area contributed by atoms with Crippen LogP contribution in [-0.4, -0.2) is 30.2 Å². The van der Waals surface area contributed by atoms with Crippen LogP contribution in [0.3, 0.4) is 0 Å². The van der Waals surface area contributed by atoms with E-state index in [2.05, 4.69) is 15.6 Å². The Labute approximate surface area is 136 Å². The number of benzene rings is 1. The van der Waals surface area contributed by atoms with Gasteiger partial charge < -0.3 is 19.8 Å². The minimum absolute atomic E-state index is 0.347. The Kier molecular flexibility index (Phi) is 3.83. The summed E-state index contributed by atoms with van der Waals surface area (Å²) >= 11 is 0. The summed E-state index contributed by atoms with van der Waals surface area (Å²) in [7, 11) is 1.66. The van der Waals surface area contributed by atoms with Crippen molar-refractivity contribution < 1.29 is 9.15 Å². The molecule has 1 aliphatic heterocycles. The number of nitrogens with one attached hydrogen (secondary N) is 2. The molecule has 2 heterocycles. The third kappa shape index (κ3) is 2.75. The molecule has 23 heavy (non-hydrogen) atoms. The highest BCUT2D eigenvalue weighted by Gasteiger charge is 2.46. The molecule has 2 aliphatic rings. The number of ether oxygens (including phenoxy) is 1. The molecule has 2 N–H and O–H groups in total. The van der Waals surface area contributed by atoms with E-state index in [1.165, 1.54) is 25.7 Å². The minimum atomic E-state index is 0.347. The summed E-state index contributed by atoms with van der Waals surface area (Å²) < 4.78 is 10.9. The lowest BCUT2D eigenvalue weighted by molar-refractivity contribution is 0.170. The summed E-state index contributed by atoms with van der Waals surface area (Å²) in [4.78, 5) is 4.60. The quantitative estimate of drug-likeness (QED) is 0.889. The molecule has 2 fully saturated rings. The van der Waals surface area contributed by atoms with E-state index in [0.717, 1.165) is 30.1 Å². The van der Waals surface area contributed by atoms with Gasteiger partial charge in [0, 0.05) is 23.7 Å². The van der Waals surface area contributed by atoms with Gasteiger partial charge in [-0.05, 0) is 50.4 Å². The van der Waals surface area contributed by atoms with Crippen LogP contribution in [0.25, 0.3) is 11.5 Å². The Balaban J connectivity index is 1.42. The number of methoxy groups -OCH3 is 1. The third-order valence-electron chi connectivity index (χ3n) is 5.22. The summed E-state index contributed by atoms with van der Waals surface area (Å²) in [5.74, 6) is 1.45. The van der Waals surface area contributed by atoms with Crippen LogP contribution >= 0.6 is 0 Å². The van der Waals surface area contributed by atoms with Crippen molar-refractivity contribution in [3.63, 3.8) is 0 Å². The van der Waals surface area contributed by atoms with Crippen molar-refractivity contribution in [2.75, 3.05) is 13.7 Å². The van der Waals surface area contributed by atoms with Gasteiger partial charge in [0.2, 0.25) is 5.89 Å². The van der Waals surface area contributed by atoms with E-state index in [9.17, 15) is 0 Å². The molecule has 1 spiro atoms. The maximum absolute atomic E-state index is 5.64. The zero-order valence-corrected chi connectivity index (χ0v) is 13.5. The summed E-state index contributed by atoms with van der Waals surface area (Å²) in [6, 6.07) is 8.33. The van der Waals surface area contributed by atoms with Gasteiger partial charge in [0.25, 0.3) is 0 Å². The monoisotopic (exact) mass is 313 g/mol. The van der Waals surface area contributed by atoms with Crippen LogP contribution in [0, 0.1) is 0 Å². The highest BCUT2D eigenvalue weighted by molar-refractivity contribution is 5.55. The maximum atomic E-state index is 5.64. The van der Waals surface area contributed by atoms with Crippen LogP contribution in [0.2, 0.25) is 0 Å². The first-order valence-corrected chi connectivity index (χ1v) is 8.36. The number of nitrogens with zero attached hydrogens (tertiary/aromatic N) is 1. The Hall–Kier alpha value is -1.85. The fourth-order valence-corrected chi connectivity index (χ4v) is 3.75. The van der Waals surface area contributed by atoms with Crippen molar-refractivity contribution in [3.05, 3.63) is 36.2 Å². The average Bonchev–Trinajstić information content (AvgIpc) is 3.19. The van der Waals surface area contributed by atoms with Gasteiger partial charge in [-0.15, -0.1) is 0 Å². The fourth-order valence-electron chi connectivity index (χ4n) is 3.75. The molecule has 1 saturated heterocycles. The van der Waals surface area contributed by atoms with Crippen LogP contribution in [0.1, 0.15) is 31.4 Å². The summed E-state index contributed by atoms with van der Waals surface area (Å²) in [6.45, 7) is 1.87. The molecule has 1 atom stereocenters. The van der Waals surface area contributed by atoms with Gasteiger partial charge in [0.05, 0.1) is 12.8 Å². The standard InChI is InChI=1S/C18H23N3O2/c1-22-15-5-2-4-13(10-15)17-21-14(12-23-17)11-19-16-6-9-20-18(16)7-3-8-18/h2,4-5,10,12,16,19-20H,3,6-9,11H2,1H3. The molecule has 1 aromatic heterocycles. The largest absolute Gasteiger partial charge is 0.497 e. The zero-order valence-electron chi connectivity index (χ0n) is 13.5. The van der Waals surface area contributed by atoms with Crippen LogP contribution in [0.4, 0.5) is 0 Å². The van der Waals surface area contributed by atoms with E-state index < -0.39 is 0 Å². The van der Waals surface area contributed by atoms with Gasteiger partial charge >= 0.3 is 0 Å². The van der Waals surface area contributed by atoms with Crippen molar-refractivity contribution in [1.29, 1.82) is 0 Å². The predicted molar refractivity (Wildman–Crippen MR) is 88.3 cm³/mol. The Bertz CT molecular complexity index is 678. The Morgan fingerprint density at radius 2 is 2.35 bits per heavy atom. The van der Waals surface area contributed by atoms with Crippen LogP contribution in [0.15, 0.2) is 34.9 Å². The molecule has 0 radical (unpaired) electrons. The first-order chi connectivity index (χ1) is 11.3. The Morgan fingerprint density at radius 1 is 1.43 bits per heavy atom. The van der Waals surface area contributed by atoms with Crippen molar-refractivity contribution in [2.45, 2.75) is 43.8 Å². The number of rotatable bonds is 5. The highest BCUT2D eigenvalue weighted by Crippen LogP contribution is 2.39. The van der Waals surface area contributed by atoms with E-state index in [1.807, 2.05) is 24.3 Å². The minimum Gasteiger partial charge on any atom is -0.497 e. The normalized spacial score (nSPS) is 22.2. The molecule has 1 saturated carbocycles. The smallest absolute Gasteiger partial charge is 0.226 e. The number of aromatic nitrogens is 1. The van der Waals surface area contributed by atoms with E-state index >= 15 is 0 Å². The molecule has 0 amide bonds.